The molecule has 0 spiro atoms. The number of hydrogen-bond donors (Lipinski definition) is 1. The van der Waals surface area contributed by atoms with Crippen molar-refractivity contribution in [2.45, 2.75) is 6.92 Å². The molecule has 0 aliphatic carbocycles. The molecular formula is C15H12N2O. The van der Waals surface area contributed by atoms with Crippen LogP contribution in [0.15, 0.2) is 47.5 Å². The number of hydrogen-bond acceptors (Lipinski definition) is 3. The molecule has 0 aliphatic heterocycles. The van der Waals surface area contributed by atoms with Crippen molar-refractivity contribution in [2.24, 2.45) is 4.99 Å². The fourth-order valence-corrected chi connectivity index (χ4v) is 1.55. The second-order valence-corrected chi connectivity index (χ2v) is 3.93. The van der Waals surface area contributed by atoms with Gasteiger partial charge in [-0.05, 0) is 36.8 Å². The zero-order chi connectivity index (χ0) is 13.0. The molecule has 0 fully saturated rings. The first-order chi connectivity index (χ1) is 8.70. The molecule has 1 N–H and O–H groups in total. The number of aromatic hydroxyl groups is 1. The van der Waals surface area contributed by atoms with E-state index in [-0.39, 0.29) is 5.75 Å². The van der Waals surface area contributed by atoms with E-state index >= 15 is 0 Å². The lowest BCUT2D eigenvalue weighted by atomic mass is 10.1. The molecule has 0 radical (unpaired) electrons. The number of benzene rings is 2. The average Bonchev–Trinajstić information content (AvgIpc) is 2.39. The van der Waals surface area contributed by atoms with Crippen LogP contribution < -0.4 is 0 Å². The van der Waals surface area contributed by atoms with Crippen LogP contribution in [0.2, 0.25) is 0 Å². The lowest BCUT2D eigenvalue weighted by molar-refractivity contribution is 0.474. The highest BCUT2D eigenvalue weighted by Crippen LogP contribution is 2.19. The van der Waals surface area contributed by atoms with Gasteiger partial charge in [-0.2, -0.15) is 5.26 Å². The Kier molecular flexibility index (Phi) is 3.40. The van der Waals surface area contributed by atoms with Gasteiger partial charge in [0.25, 0.3) is 0 Å². The van der Waals surface area contributed by atoms with E-state index in [9.17, 15) is 5.11 Å². The maximum Gasteiger partial charge on any atom is 0.124 e. The smallest absolute Gasteiger partial charge is 0.124 e. The van der Waals surface area contributed by atoms with Crippen LogP contribution in [0.25, 0.3) is 0 Å². The number of phenolic OH excluding ortho intramolecular Hbond substituents is 1. The van der Waals surface area contributed by atoms with Crippen LogP contribution in [0, 0.1) is 18.3 Å². The van der Waals surface area contributed by atoms with Gasteiger partial charge in [-0.1, -0.05) is 18.2 Å². The summed E-state index contributed by atoms with van der Waals surface area (Å²) in [7, 11) is 0. The van der Waals surface area contributed by atoms with Crippen molar-refractivity contribution < 1.29 is 5.11 Å². The van der Waals surface area contributed by atoms with Gasteiger partial charge in [0.05, 0.1) is 17.3 Å². The maximum atomic E-state index is 9.59. The number of phenols is 1. The molecule has 0 saturated carbocycles. The van der Waals surface area contributed by atoms with Gasteiger partial charge in [-0.25, -0.2) is 0 Å². The van der Waals surface area contributed by atoms with E-state index in [1.807, 2.05) is 25.1 Å². The summed E-state index contributed by atoms with van der Waals surface area (Å²) in [6.07, 6.45) is 1.58. The summed E-state index contributed by atoms with van der Waals surface area (Å²) in [5, 5.41) is 18.5. The maximum absolute atomic E-state index is 9.59. The Morgan fingerprint density at radius 3 is 2.72 bits per heavy atom. The standard InChI is InChI=1S/C15H12N2O/c1-11-6-7-14(8-13(11)9-16)17-10-12-4-2-3-5-15(12)18/h2-8,10,18H,1H3. The lowest BCUT2D eigenvalue weighted by Gasteiger charge is -1.99. The fraction of sp³-hybridized carbons (Fsp3) is 0.0667. The topological polar surface area (TPSA) is 56.4 Å². The Bertz CT molecular complexity index is 639. The van der Waals surface area contributed by atoms with E-state index in [1.54, 1.807) is 30.5 Å². The highest BCUT2D eigenvalue weighted by molar-refractivity contribution is 5.85. The summed E-state index contributed by atoms with van der Waals surface area (Å²) in [5.41, 5.74) is 2.89. The molecule has 0 heterocycles. The molecule has 18 heavy (non-hydrogen) atoms. The molecule has 0 bridgehead atoms. The van der Waals surface area contributed by atoms with E-state index in [1.165, 1.54) is 0 Å². The third kappa shape index (κ3) is 2.55. The number of nitrogens with zero attached hydrogens (tertiary/aromatic N) is 2. The molecule has 0 atom stereocenters. The third-order valence-electron chi connectivity index (χ3n) is 2.63. The van der Waals surface area contributed by atoms with Crippen LogP contribution in [-0.2, 0) is 0 Å². The van der Waals surface area contributed by atoms with E-state index in [0.29, 0.717) is 16.8 Å². The summed E-state index contributed by atoms with van der Waals surface area (Å²) < 4.78 is 0. The van der Waals surface area contributed by atoms with Gasteiger partial charge >= 0.3 is 0 Å². The first-order valence-electron chi connectivity index (χ1n) is 5.53. The minimum atomic E-state index is 0.189. The minimum absolute atomic E-state index is 0.189. The highest BCUT2D eigenvalue weighted by Gasteiger charge is 1.99. The minimum Gasteiger partial charge on any atom is -0.507 e. The second kappa shape index (κ2) is 5.15. The predicted molar refractivity (Wildman–Crippen MR) is 71.3 cm³/mol. The number of para-hydroxylation sites is 1. The van der Waals surface area contributed by atoms with Gasteiger partial charge in [0.1, 0.15) is 5.75 Å². The molecule has 0 unspecified atom stereocenters. The Hall–Kier alpha value is -2.60. The van der Waals surface area contributed by atoms with Gasteiger partial charge in [-0.15, -0.1) is 0 Å². The van der Waals surface area contributed by atoms with Crippen LogP contribution in [0.4, 0.5) is 5.69 Å². The quantitative estimate of drug-likeness (QED) is 0.813. The Labute approximate surface area is 106 Å². The van der Waals surface area contributed by atoms with Crippen LogP contribution in [0.3, 0.4) is 0 Å². The van der Waals surface area contributed by atoms with Crippen LogP contribution in [-0.4, -0.2) is 11.3 Å². The summed E-state index contributed by atoms with van der Waals surface area (Å²) in [6, 6.07) is 14.5. The summed E-state index contributed by atoms with van der Waals surface area (Å²) >= 11 is 0. The number of nitriles is 1. The zero-order valence-electron chi connectivity index (χ0n) is 9.96. The van der Waals surface area contributed by atoms with E-state index in [2.05, 4.69) is 11.1 Å². The molecule has 88 valence electrons. The van der Waals surface area contributed by atoms with Crippen molar-refractivity contribution in [1.82, 2.24) is 0 Å². The Morgan fingerprint density at radius 2 is 2.00 bits per heavy atom. The largest absolute Gasteiger partial charge is 0.507 e. The molecule has 3 nitrogen and oxygen atoms in total. The molecule has 0 amide bonds. The highest BCUT2D eigenvalue weighted by atomic mass is 16.3. The van der Waals surface area contributed by atoms with Gasteiger partial charge < -0.3 is 5.11 Å². The van der Waals surface area contributed by atoms with Crippen molar-refractivity contribution in [1.29, 1.82) is 5.26 Å². The third-order valence-corrected chi connectivity index (χ3v) is 2.63. The molecule has 3 heteroatoms. The van der Waals surface area contributed by atoms with E-state index in [0.717, 1.165) is 5.56 Å². The Morgan fingerprint density at radius 1 is 1.22 bits per heavy atom. The molecule has 2 aromatic rings. The first kappa shape index (κ1) is 11.9. The van der Waals surface area contributed by atoms with Crippen molar-refractivity contribution in [3.05, 3.63) is 59.2 Å². The zero-order valence-corrected chi connectivity index (χ0v) is 9.96. The lowest BCUT2D eigenvalue weighted by Crippen LogP contribution is -1.83. The average molecular weight is 236 g/mol. The molecule has 0 aliphatic rings. The van der Waals surface area contributed by atoms with Crippen LogP contribution in [0.1, 0.15) is 16.7 Å². The number of aliphatic imine (C=N–C) groups is 1. The summed E-state index contributed by atoms with van der Waals surface area (Å²) in [5.74, 6) is 0.189. The second-order valence-electron chi connectivity index (χ2n) is 3.93. The molecule has 0 aromatic heterocycles. The van der Waals surface area contributed by atoms with E-state index in [4.69, 9.17) is 5.26 Å². The van der Waals surface area contributed by atoms with Crippen LogP contribution >= 0.6 is 0 Å². The number of rotatable bonds is 2. The molecule has 2 aromatic carbocycles. The van der Waals surface area contributed by atoms with Crippen molar-refractivity contribution in [3.63, 3.8) is 0 Å². The number of aryl methyl sites for hydroxylation is 1. The van der Waals surface area contributed by atoms with Gasteiger partial charge in [-0.3, -0.25) is 4.99 Å². The molecule has 2 rings (SSSR count). The SMILES string of the molecule is Cc1ccc(N=Cc2ccccc2O)cc1C#N. The Balaban J connectivity index is 2.30. The van der Waals surface area contributed by atoms with Crippen LogP contribution in [0.5, 0.6) is 5.75 Å². The monoisotopic (exact) mass is 236 g/mol. The van der Waals surface area contributed by atoms with Crippen molar-refractivity contribution in [2.75, 3.05) is 0 Å². The van der Waals surface area contributed by atoms with Crippen molar-refractivity contribution in [3.8, 4) is 11.8 Å². The van der Waals surface area contributed by atoms with Gasteiger partial charge in [0.2, 0.25) is 0 Å². The van der Waals surface area contributed by atoms with Gasteiger partial charge in [0, 0.05) is 11.8 Å². The molecule has 0 saturated heterocycles. The fourth-order valence-electron chi connectivity index (χ4n) is 1.55. The summed E-state index contributed by atoms with van der Waals surface area (Å²) in [4.78, 5) is 4.25. The van der Waals surface area contributed by atoms with Crippen molar-refractivity contribution >= 4 is 11.9 Å². The predicted octanol–water partition coefficient (Wildman–Crippen LogP) is 3.32. The van der Waals surface area contributed by atoms with Gasteiger partial charge in [0.15, 0.2) is 0 Å². The normalized spacial score (nSPS) is 10.4. The van der Waals surface area contributed by atoms with E-state index < -0.39 is 0 Å². The molecular weight excluding hydrogens is 224 g/mol. The summed E-state index contributed by atoms with van der Waals surface area (Å²) in [6.45, 7) is 1.88. The first-order valence-corrected chi connectivity index (χ1v) is 5.53.